The van der Waals surface area contributed by atoms with Crippen molar-refractivity contribution in [1.82, 2.24) is 20.4 Å². The summed E-state index contributed by atoms with van der Waals surface area (Å²) in [6.45, 7) is 3.08. The maximum absolute atomic E-state index is 4.44. The summed E-state index contributed by atoms with van der Waals surface area (Å²) < 4.78 is 0. The van der Waals surface area contributed by atoms with Gasteiger partial charge in [-0.25, -0.2) is 0 Å². The van der Waals surface area contributed by atoms with E-state index < -0.39 is 0 Å². The Morgan fingerprint density at radius 3 is 2.95 bits per heavy atom. The number of likely N-dealkylation sites (tertiary alicyclic amines) is 1. The van der Waals surface area contributed by atoms with Crippen LogP contribution >= 0.6 is 0 Å². The van der Waals surface area contributed by atoms with Crippen molar-refractivity contribution in [3.8, 4) is 0 Å². The fraction of sp³-hybridized carbons (Fsp3) is 0.733. The molecule has 5 heteroatoms. The van der Waals surface area contributed by atoms with Crippen LogP contribution < -0.4 is 5.32 Å². The topological polar surface area (TPSA) is 56.3 Å². The molecule has 2 heterocycles. The zero-order chi connectivity index (χ0) is 13.8. The average molecular weight is 275 g/mol. The Labute approximate surface area is 120 Å². The van der Waals surface area contributed by atoms with Crippen LogP contribution in [0.5, 0.6) is 0 Å². The van der Waals surface area contributed by atoms with Gasteiger partial charge in [-0.05, 0) is 30.7 Å². The maximum Gasteiger partial charge on any atom is 0.193 e. The Hall–Kier alpha value is -1.52. The molecule has 2 fully saturated rings. The number of rotatable bonds is 2. The Balaban J connectivity index is 1.57. The number of hydrogen-bond donors (Lipinski definition) is 2. The van der Waals surface area contributed by atoms with Crippen LogP contribution in [0.4, 0.5) is 0 Å². The van der Waals surface area contributed by atoms with Crippen molar-refractivity contribution in [2.45, 2.75) is 45.1 Å². The quantitative estimate of drug-likeness (QED) is 0.642. The highest BCUT2D eigenvalue weighted by Crippen LogP contribution is 2.43. The van der Waals surface area contributed by atoms with Gasteiger partial charge in [-0.1, -0.05) is 19.3 Å². The van der Waals surface area contributed by atoms with Gasteiger partial charge in [0.2, 0.25) is 0 Å². The molecule has 20 heavy (non-hydrogen) atoms. The summed E-state index contributed by atoms with van der Waals surface area (Å²) in [4.78, 5) is 6.88. The third-order valence-corrected chi connectivity index (χ3v) is 4.86. The Kier molecular flexibility index (Phi) is 3.94. The zero-order valence-electron chi connectivity index (χ0n) is 12.4. The molecule has 0 unspecified atom stereocenters. The van der Waals surface area contributed by atoms with E-state index in [2.05, 4.69) is 25.4 Å². The fourth-order valence-corrected chi connectivity index (χ4v) is 3.72. The predicted molar refractivity (Wildman–Crippen MR) is 80.5 cm³/mol. The van der Waals surface area contributed by atoms with Crippen molar-refractivity contribution in [3.63, 3.8) is 0 Å². The molecule has 3 rings (SSSR count). The molecule has 1 saturated heterocycles. The van der Waals surface area contributed by atoms with E-state index in [4.69, 9.17) is 0 Å². The molecule has 0 bridgehead atoms. The minimum absolute atomic E-state index is 0.573. The number of nitrogens with one attached hydrogen (secondary N) is 2. The molecule has 1 aromatic rings. The lowest BCUT2D eigenvalue weighted by Gasteiger charge is -2.33. The van der Waals surface area contributed by atoms with Crippen molar-refractivity contribution < 1.29 is 0 Å². The number of aliphatic imine (C=N–C) groups is 1. The van der Waals surface area contributed by atoms with Gasteiger partial charge >= 0.3 is 0 Å². The van der Waals surface area contributed by atoms with E-state index in [9.17, 15) is 0 Å². The zero-order valence-corrected chi connectivity index (χ0v) is 12.4. The highest BCUT2D eigenvalue weighted by Gasteiger charge is 2.39. The standard InChI is InChI=1S/C15H25N5/c1-16-14(17-11-13-5-9-18-19-13)20-10-8-15(12-20)6-3-2-4-7-15/h5,9H,2-4,6-8,10-12H2,1H3,(H,16,17)(H,18,19). The molecule has 1 spiro atoms. The molecule has 1 aliphatic heterocycles. The first kappa shape index (κ1) is 13.5. The fourth-order valence-electron chi connectivity index (χ4n) is 3.72. The third-order valence-electron chi connectivity index (χ3n) is 4.86. The predicted octanol–water partition coefficient (Wildman–Crippen LogP) is 2.14. The van der Waals surface area contributed by atoms with Crippen LogP contribution in [0, 0.1) is 5.41 Å². The molecule has 2 N–H and O–H groups in total. The van der Waals surface area contributed by atoms with E-state index in [1.807, 2.05) is 13.1 Å². The highest BCUT2D eigenvalue weighted by molar-refractivity contribution is 5.80. The molecule has 1 aliphatic carbocycles. The number of nitrogens with zero attached hydrogens (tertiary/aromatic N) is 3. The number of aromatic nitrogens is 2. The smallest absolute Gasteiger partial charge is 0.193 e. The van der Waals surface area contributed by atoms with E-state index in [1.165, 1.54) is 45.1 Å². The number of H-pyrrole nitrogens is 1. The summed E-state index contributed by atoms with van der Waals surface area (Å²) in [7, 11) is 1.88. The highest BCUT2D eigenvalue weighted by atomic mass is 15.3. The molecule has 1 saturated carbocycles. The summed E-state index contributed by atoms with van der Waals surface area (Å²) >= 11 is 0. The number of guanidine groups is 1. The van der Waals surface area contributed by atoms with Crippen LogP contribution in [0.1, 0.15) is 44.2 Å². The Morgan fingerprint density at radius 2 is 2.25 bits per heavy atom. The summed E-state index contributed by atoms with van der Waals surface area (Å²) in [5.74, 6) is 1.03. The van der Waals surface area contributed by atoms with Crippen molar-refractivity contribution in [3.05, 3.63) is 18.0 Å². The molecule has 0 radical (unpaired) electrons. The van der Waals surface area contributed by atoms with Crippen LogP contribution in [0.2, 0.25) is 0 Å². The first-order valence-electron chi connectivity index (χ1n) is 7.75. The lowest BCUT2D eigenvalue weighted by molar-refractivity contribution is 0.203. The maximum atomic E-state index is 4.44. The molecule has 0 amide bonds. The Morgan fingerprint density at radius 1 is 1.40 bits per heavy atom. The summed E-state index contributed by atoms with van der Waals surface area (Å²) in [6.07, 6.45) is 10.2. The van der Waals surface area contributed by atoms with Crippen LogP contribution in [0.15, 0.2) is 17.3 Å². The van der Waals surface area contributed by atoms with E-state index in [0.717, 1.165) is 24.7 Å². The van der Waals surface area contributed by atoms with Crippen molar-refractivity contribution in [2.24, 2.45) is 10.4 Å². The van der Waals surface area contributed by atoms with Gasteiger partial charge in [-0.3, -0.25) is 10.1 Å². The minimum atomic E-state index is 0.573. The molecule has 0 aromatic carbocycles. The normalized spacial score (nSPS) is 22.4. The van der Waals surface area contributed by atoms with Gasteiger partial charge < -0.3 is 10.2 Å². The minimum Gasteiger partial charge on any atom is -0.351 e. The van der Waals surface area contributed by atoms with Gasteiger partial charge in [0, 0.05) is 26.3 Å². The van der Waals surface area contributed by atoms with Crippen LogP contribution in [0.3, 0.4) is 0 Å². The van der Waals surface area contributed by atoms with Gasteiger partial charge in [0.25, 0.3) is 0 Å². The molecular formula is C15H25N5. The van der Waals surface area contributed by atoms with Crippen molar-refractivity contribution in [2.75, 3.05) is 20.1 Å². The first-order chi connectivity index (χ1) is 9.81. The lowest BCUT2D eigenvalue weighted by Crippen LogP contribution is -2.41. The third kappa shape index (κ3) is 2.81. The van der Waals surface area contributed by atoms with Crippen LogP contribution in [-0.2, 0) is 6.54 Å². The molecule has 0 atom stereocenters. The van der Waals surface area contributed by atoms with Gasteiger partial charge in [-0.2, -0.15) is 5.10 Å². The molecule has 2 aliphatic rings. The van der Waals surface area contributed by atoms with Crippen molar-refractivity contribution >= 4 is 5.96 Å². The number of hydrogen-bond acceptors (Lipinski definition) is 2. The first-order valence-corrected chi connectivity index (χ1v) is 7.75. The molecule has 5 nitrogen and oxygen atoms in total. The second-order valence-corrected chi connectivity index (χ2v) is 6.21. The van der Waals surface area contributed by atoms with E-state index in [0.29, 0.717) is 5.41 Å². The summed E-state index contributed by atoms with van der Waals surface area (Å²) in [6, 6.07) is 1.99. The number of aromatic amines is 1. The van der Waals surface area contributed by atoms with Crippen LogP contribution in [0.25, 0.3) is 0 Å². The summed E-state index contributed by atoms with van der Waals surface area (Å²) in [5, 5.41) is 10.4. The monoisotopic (exact) mass is 275 g/mol. The van der Waals surface area contributed by atoms with E-state index in [-0.39, 0.29) is 0 Å². The SMILES string of the molecule is CN=C(NCc1ccn[nH]1)N1CCC2(CCCCC2)C1. The molecule has 1 aromatic heterocycles. The lowest BCUT2D eigenvalue weighted by atomic mass is 9.73. The van der Waals surface area contributed by atoms with Gasteiger partial charge in [0.05, 0.1) is 12.2 Å². The molecular weight excluding hydrogens is 250 g/mol. The van der Waals surface area contributed by atoms with Gasteiger partial charge in [-0.15, -0.1) is 0 Å². The second kappa shape index (κ2) is 5.85. The average Bonchev–Trinajstić information content (AvgIpc) is 3.12. The molecule has 110 valence electrons. The van der Waals surface area contributed by atoms with E-state index in [1.54, 1.807) is 6.20 Å². The van der Waals surface area contributed by atoms with Crippen molar-refractivity contribution in [1.29, 1.82) is 0 Å². The van der Waals surface area contributed by atoms with Gasteiger partial charge in [0.1, 0.15) is 0 Å². The second-order valence-electron chi connectivity index (χ2n) is 6.21. The Bertz CT molecular complexity index is 445. The largest absolute Gasteiger partial charge is 0.351 e. The van der Waals surface area contributed by atoms with Crippen LogP contribution in [-0.4, -0.2) is 41.2 Å². The van der Waals surface area contributed by atoms with Gasteiger partial charge in [0.15, 0.2) is 5.96 Å². The summed E-state index contributed by atoms with van der Waals surface area (Å²) in [5.41, 5.74) is 1.67. The van der Waals surface area contributed by atoms with E-state index >= 15 is 0 Å².